The smallest absolute Gasteiger partial charge is 0.321 e. The number of hydrogen-bond acceptors (Lipinski definition) is 7. The summed E-state index contributed by atoms with van der Waals surface area (Å²) in [6.07, 6.45) is -5.01. The molecule has 2 rings (SSSR count). The number of nitrogens with one attached hydrogen (secondary N) is 1. The number of primary amides is 1. The van der Waals surface area contributed by atoms with E-state index >= 15 is 0 Å². The van der Waals surface area contributed by atoms with E-state index in [9.17, 15) is 19.8 Å². The van der Waals surface area contributed by atoms with Crippen molar-refractivity contribution in [3.05, 3.63) is 35.9 Å². The maximum absolute atomic E-state index is 12.1. The molecule has 1 fully saturated rings. The van der Waals surface area contributed by atoms with Gasteiger partial charge in [-0.05, 0) is 11.9 Å². The summed E-state index contributed by atoms with van der Waals surface area (Å²) >= 11 is 0. The first-order chi connectivity index (χ1) is 13.5. The highest BCUT2D eigenvalue weighted by atomic mass is 16.5. The van der Waals surface area contributed by atoms with Gasteiger partial charge in [-0.2, -0.15) is 0 Å². The Labute approximate surface area is 151 Å². The van der Waals surface area contributed by atoms with Crippen LogP contribution in [0.15, 0.2) is 30.3 Å². The molecule has 1 amide bonds. The first kappa shape index (κ1) is 14.2. The highest BCUT2D eigenvalue weighted by Crippen LogP contribution is 2.23. The van der Waals surface area contributed by atoms with E-state index in [-0.39, 0.29) is 37.1 Å². The summed E-state index contributed by atoms with van der Waals surface area (Å²) < 4.78 is 38.6. The van der Waals surface area contributed by atoms with Gasteiger partial charge in [0.25, 0.3) is 5.91 Å². The molecule has 0 saturated carbocycles. The Morgan fingerprint density at radius 2 is 2.24 bits per heavy atom. The van der Waals surface area contributed by atoms with E-state index in [0.717, 1.165) is 4.90 Å². The second-order valence-corrected chi connectivity index (χ2v) is 5.36. The van der Waals surface area contributed by atoms with E-state index in [0.29, 0.717) is 0 Å². The molecule has 1 aliphatic rings. The largest absolute Gasteiger partial charge is 0.480 e. The van der Waals surface area contributed by atoms with Crippen molar-refractivity contribution >= 4 is 11.9 Å². The molecule has 1 aromatic rings. The highest BCUT2D eigenvalue weighted by molar-refractivity contribution is 5.83. The van der Waals surface area contributed by atoms with Crippen LogP contribution in [0.4, 0.5) is 0 Å². The fourth-order valence-corrected chi connectivity index (χ4v) is 2.48. The first-order valence-electron chi connectivity index (χ1n) is 9.56. The minimum absolute atomic E-state index is 0.00459. The molecule has 0 aromatic heterocycles. The Bertz CT molecular complexity index is 756. The van der Waals surface area contributed by atoms with Gasteiger partial charge in [0.05, 0.1) is 7.98 Å². The zero-order valence-electron chi connectivity index (χ0n) is 17.5. The summed E-state index contributed by atoms with van der Waals surface area (Å²) in [6, 6.07) is 3.69. The molecule has 25 heavy (non-hydrogen) atoms. The molecular formula is C16H24N4O5. The van der Waals surface area contributed by atoms with Gasteiger partial charge in [-0.25, -0.2) is 0 Å². The molecule has 3 atom stereocenters. The zero-order chi connectivity index (χ0) is 22.0. The van der Waals surface area contributed by atoms with E-state index in [2.05, 4.69) is 0 Å². The number of hydrogen-bond donors (Lipinski definition) is 5. The second kappa shape index (κ2) is 8.37. The first-order valence-corrected chi connectivity index (χ1v) is 7.61. The number of carbonyl (C=O) groups excluding carboxylic acids is 1. The SMILES string of the molecule is [3H]N(C1OCCN(CCN)C1(O)C(N)=O)[C@]([3H])(C(=O)O)C([3H])([3H])c1ccccc1. The van der Waals surface area contributed by atoms with Crippen LogP contribution in [0.1, 0.15) is 9.68 Å². The summed E-state index contributed by atoms with van der Waals surface area (Å²) in [6.45, 7) is -0.156. The predicted octanol–water partition coefficient (Wildman–Crippen LogP) is -1.94. The molecule has 1 heterocycles. The number of ether oxygens (including phenoxy) is 1. The van der Waals surface area contributed by atoms with E-state index in [1.165, 1.54) is 24.3 Å². The van der Waals surface area contributed by atoms with Crippen LogP contribution in [-0.4, -0.2) is 71.2 Å². The standard InChI is InChI=1S/C16H24N4O5/c17-6-7-20-8-9-25-15(16(20,24)14(18)23)19-12(13(21)22)10-11-4-2-1-3-5-11/h1-5,12,15,19,24H,6-10,17H2,(H2,18,23)(H,21,22)/t12-,15?,16?/m0/s1/i10T2,12T/hT. The summed E-state index contributed by atoms with van der Waals surface area (Å²) in [5, 5.41) is 20.6. The topological polar surface area (TPSA) is 151 Å². The summed E-state index contributed by atoms with van der Waals surface area (Å²) in [7, 11) is 0. The number of benzene rings is 1. The van der Waals surface area contributed by atoms with Gasteiger partial charge in [0, 0.05) is 22.4 Å². The average molecular weight is 360 g/mol. The number of amides is 1. The van der Waals surface area contributed by atoms with Crippen LogP contribution in [0.2, 0.25) is 1.41 Å². The Balaban J connectivity index is 2.58. The van der Waals surface area contributed by atoms with Crippen molar-refractivity contribution in [2.24, 2.45) is 11.5 Å². The van der Waals surface area contributed by atoms with E-state index < -0.39 is 36.2 Å². The number of carboxylic acids is 1. The van der Waals surface area contributed by atoms with Gasteiger partial charge < -0.3 is 26.4 Å². The summed E-state index contributed by atoms with van der Waals surface area (Å²) in [5.41, 5.74) is 7.92. The van der Waals surface area contributed by atoms with Crippen molar-refractivity contribution in [2.45, 2.75) is 24.3 Å². The van der Waals surface area contributed by atoms with Gasteiger partial charge >= 0.3 is 5.97 Å². The third-order valence-corrected chi connectivity index (χ3v) is 3.71. The fraction of sp³-hybridized carbons (Fsp3) is 0.500. The van der Waals surface area contributed by atoms with Crippen LogP contribution >= 0.6 is 0 Å². The lowest BCUT2D eigenvalue weighted by Gasteiger charge is -2.46. The Morgan fingerprint density at radius 1 is 1.56 bits per heavy atom. The molecular weight excluding hydrogens is 328 g/mol. The van der Waals surface area contributed by atoms with Crippen LogP contribution in [0, 0.1) is 0 Å². The van der Waals surface area contributed by atoms with Crippen molar-refractivity contribution in [3.8, 4) is 0 Å². The third kappa shape index (κ3) is 4.33. The molecule has 0 aliphatic carbocycles. The highest BCUT2D eigenvalue weighted by Gasteiger charge is 2.52. The molecule has 0 radical (unpaired) electrons. The van der Waals surface area contributed by atoms with Gasteiger partial charge in [0.2, 0.25) is 5.72 Å². The average Bonchev–Trinajstić information content (AvgIpc) is 2.68. The quantitative estimate of drug-likeness (QED) is 0.359. The number of aliphatic hydroxyl groups is 1. The van der Waals surface area contributed by atoms with Gasteiger partial charge in [-0.15, -0.1) is 0 Å². The van der Waals surface area contributed by atoms with Gasteiger partial charge in [-0.1, -0.05) is 30.3 Å². The minimum atomic E-state index is -3.31. The monoisotopic (exact) mass is 360 g/mol. The summed E-state index contributed by atoms with van der Waals surface area (Å²) in [5.74, 6) is -3.37. The molecule has 9 nitrogen and oxygen atoms in total. The fourth-order valence-electron chi connectivity index (χ4n) is 2.48. The van der Waals surface area contributed by atoms with Crippen LogP contribution in [0.5, 0.6) is 0 Å². The number of nitrogens with zero attached hydrogens (tertiary/aromatic N) is 1. The molecule has 1 aliphatic heterocycles. The lowest BCUT2D eigenvalue weighted by atomic mass is 10.0. The van der Waals surface area contributed by atoms with Crippen LogP contribution in [0.25, 0.3) is 0 Å². The van der Waals surface area contributed by atoms with Gasteiger partial charge in [0.15, 0.2) is 6.23 Å². The minimum Gasteiger partial charge on any atom is -0.480 e. The Hall–Kier alpha value is -2.04. The van der Waals surface area contributed by atoms with E-state index in [4.69, 9.17) is 21.7 Å². The maximum atomic E-state index is 12.1. The molecule has 1 aromatic carbocycles. The number of nitrogens with two attached hydrogens (primary N) is 2. The second-order valence-electron chi connectivity index (χ2n) is 5.36. The molecule has 138 valence electrons. The van der Waals surface area contributed by atoms with Gasteiger partial charge in [0.1, 0.15) is 7.43 Å². The molecule has 0 bridgehead atoms. The lowest BCUT2D eigenvalue weighted by molar-refractivity contribution is -0.235. The Kier molecular flexibility index (Phi) is 4.74. The van der Waals surface area contributed by atoms with Crippen molar-refractivity contribution in [1.29, 1.82) is 0 Å². The number of rotatable bonds is 8. The predicted molar refractivity (Wildman–Crippen MR) is 89.2 cm³/mol. The van der Waals surface area contributed by atoms with E-state index in [1.807, 2.05) is 0 Å². The number of aliphatic carboxylic acids is 1. The zero-order valence-corrected chi connectivity index (χ0v) is 13.5. The lowest BCUT2D eigenvalue weighted by Crippen LogP contribution is -2.73. The van der Waals surface area contributed by atoms with Crippen molar-refractivity contribution < 1.29 is 30.1 Å². The van der Waals surface area contributed by atoms with Crippen LogP contribution in [0.3, 0.4) is 0 Å². The number of carboxylic acid groups (broad SMARTS) is 1. The number of morpholine rings is 1. The molecule has 7 N–H and O–H groups in total. The van der Waals surface area contributed by atoms with Crippen molar-refractivity contribution in [1.82, 2.24) is 10.2 Å². The third-order valence-electron chi connectivity index (χ3n) is 3.71. The molecule has 1 saturated heterocycles. The summed E-state index contributed by atoms with van der Waals surface area (Å²) in [4.78, 5) is 25.2. The van der Waals surface area contributed by atoms with Crippen LogP contribution in [-0.2, 0) is 20.7 Å². The van der Waals surface area contributed by atoms with E-state index in [1.54, 1.807) is 6.07 Å². The normalized spacial score (nSPS) is 29.8. The van der Waals surface area contributed by atoms with Crippen LogP contribution < -0.4 is 16.8 Å². The Morgan fingerprint density at radius 3 is 2.80 bits per heavy atom. The molecule has 9 heteroatoms. The maximum Gasteiger partial charge on any atom is 0.321 e. The van der Waals surface area contributed by atoms with Gasteiger partial charge in [-0.3, -0.25) is 19.8 Å². The van der Waals surface area contributed by atoms with Crippen molar-refractivity contribution in [3.63, 3.8) is 0 Å². The van der Waals surface area contributed by atoms with Crippen molar-refractivity contribution in [2.75, 3.05) is 26.2 Å². The number of carbonyl (C=O) groups is 2. The molecule has 2 unspecified atom stereocenters. The molecule has 0 spiro atoms.